The first kappa shape index (κ1) is 22.7. The zero-order valence-corrected chi connectivity index (χ0v) is 18.5. The van der Waals surface area contributed by atoms with Crippen molar-refractivity contribution in [3.63, 3.8) is 0 Å². The highest BCUT2D eigenvalue weighted by molar-refractivity contribution is 7.90. The molecule has 2 rings (SSSR count). The minimum atomic E-state index is -3.19. The van der Waals surface area contributed by atoms with Crippen LogP contribution >= 0.6 is 0 Å². The average molecular weight is 410 g/mol. The molecule has 0 aliphatic heterocycles. The highest BCUT2D eigenvalue weighted by Gasteiger charge is 2.26. The quantitative estimate of drug-likeness (QED) is 0.643. The molecule has 1 aliphatic rings. The summed E-state index contributed by atoms with van der Waals surface area (Å²) in [4.78, 5) is 12.2. The maximum absolute atomic E-state index is 12.2. The Bertz CT molecular complexity index is 744. The fourth-order valence-electron chi connectivity index (χ4n) is 3.27. The van der Waals surface area contributed by atoms with Gasteiger partial charge >= 0.3 is 0 Å². The Labute approximate surface area is 169 Å². The van der Waals surface area contributed by atoms with Crippen LogP contribution in [0.15, 0.2) is 24.3 Å². The average Bonchev–Trinajstić information content (AvgIpc) is 2.59. The van der Waals surface area contributed by atoms with Crippen LogP contribution in [0.2, 0.25) is 0 Å². The van der Waals surface area contributed by atoms with Gasteiger partial charge in [-0.3, -0.25) is 4.79 Å². The van der Waals surface area contributed by atoms with Gasteiger partial charge in [-0.1, -0.05) is 0 Å². The second kappa shape index (κ2) is 9.27. The van der Waals surface area contributed by atoms with E-state index in [-0.39, 0.29) is 22.7 Å². The van der Waals surface area contributed by atoms with Gasteiger partial charge in [0.1, 0.15) is 0 Å². The van der Waals surface area contributed by atoms with E-state index in [4.69, 9.17) is 0 Å². The van der Waals surface area contributed by atoms with Crippen molar-refractivity contribution >= 4 is 21.6 Å². The van der Waals surface area contributed by atoms with Gasteiger partial charge in [-0.25, -0.2) is 13.1 Å². The number of hydrogen-bond acceptors (Lipinski definition) is 4. The number of amides is 1. The molecule has 0 aromatic heterocycles. The lowest BCUT2D eigenvalue weighted by molar-refractivity contribution is 0.0919. The number of carbonyl (C=O) groups is 1. The molecule has 0 atom stereocenters. The number of benzene rings is 1. The molecule has 1 saturated carbocycles. The van der Waals surface area contributed by atoms with E-state index in [2.05, 4.69) is 15.4 Å². The molecule has 0 unspecified atom stereocenters. The molecular formula is C21H35N3O3S. The van der Waals surface area contributed by atoms with Crippen LogP contribution in [0.1, 0.15) is 70.7 Å². The molecule has 0 spiro atoms. The van der Waals surface area contributed by atoms with Crippen LogP contribution in [-0.2, 0) is 10.0 Å². The Balaban J connectivity index is 1.77. The molecule has 6 nitrogen and oxygen atoms in total. The summed E-state index contributed by atoms with van der Waals surface area (Å²) < 4.78 is 26.8. The standard InChI is InChI=1S/C21H35N3O3S/c1-15(2)28(26,27)24-19-10-6-16(7-11-19)14-22-18-12-8-17(9-13-18)20(25)23-21(3,4)5/h8-9,12-13,15-16,19,22,24H,6-7,10-11,14H2,1-5H3,(H,23,25). The van der Waals surface area contributed by atoms with Crippen molar-refractivity contribution in [3.8, 4) is 0 Å². The number of hydrogen-bond donors (Lipinski definition) is 3. The molecule has 7 heteroatoms. The number of carbonyl (C=O) groups excluding carboxylic acids is 1. The van der Waals surface area contributed by atoms with E-state index in [1.165, 1.54) is 0 Å². The number of anilines is 1. The molecule has 0 saturated heterocycles. The van der Waals surface area contributed by atoms with Crippen LogP contribution in [0.3, 0.4) is 0 Å². The van der Waals surface area contributed by atoms with Gasteiger partial charge in [0.25, 0.3) is 5.91 Å². The normalized spacial score (nSPS) is 20.8. The molecule has 1 aliphatic carbocycles. The third-order valence-electron chi connectivity index (χ3n) is 5.03. The number of nitrogens with one attached hydrogen (secondary N) is 3. The number of sulfonamides is 1. The van der Waals surface area contributed by atoms with Crippen molar-refractivity contribution in [2.45, 2.75) is 77.1 Å². The van der Waals surface area contributed by atoms with Gasteiger partial charge in [-0.15, -0.1) is 0 Å². The lowest BCUT2D eigenvalue weighted by Crippen LogP contribution is -2.41. The molecule has 1 amide bonds. The van der Waals surface area contributed by atoms with Crippen LogP contribution < -0.4 is 15.4 Å². The molecule has 28 heavy (non-hydrogen) atoms. The summed E-state index contributed by atoms with van der Waals surface area (Å²) in [7, 11) is -3.19. The second-order valence-electron chi connectivity index (χ2n) is 9.09. The van der Waals surface area contributed by atoms with Crippen molar-refractivity contribution in [1.82, 2.24) is 10.0 Å². The van der Waals surface area contributed by atoms with Gasteiger partial charge in [0.2, 0.25) is 10.0 Å². The fraction of sp³-hybridized carbons (Fsp3) is 0.667. The van der Waals surface area contributed by atoms with Gasteiger partial charge in [-0.2, -0.15) is 0 Å². The molecular weight excluding hydrogens is 374 g/mol. The zero-order valence-electron chi connectivity index (χ0n) is 17.7. The maximum Gasteiger partial charge on any atom is 0.251 e. The molecule has 1 aromatic carbocycles. The molecule has 1 aromatic rings. The van der Waals surface area contributed by atoms with Gasteiger partial charge in [0.05, 0.1) is 5.25 Å². The van der Waals surface area contributed by atoms with E-state index in [0.717, 1.165) is 37.9 Å². The highest BCUT2D eigenvalue weighted by Crippen LogP contribution is 2.25. The summed E-state index contributed by atoms with van der Waals surface area (Å²) in [6.45, 7) is 10.2. The van der Waals surface area contributed by atoms with E-state index in [9.17, 15) is 13.2 Å². The molecule has 0 heterocycles. The van der Waals surface area contributed by atoms with Crippen molar-refractivity contribution in [3.05, 3.63) is 29.8 Å². The van der Waals surface area contributed by atoms with Crippen LogP contribution in [-0.4, -0.2) is 37.7 Å². The predicted octanol–water partition coefficient (Wildman–Crippen LogP) is 3.51. The Morgan fingerprint density at radius 3 is 2.14 bits per heavy atom. The van der Waals surface area contributed by atoms with Gasteiger partial charge in [0, 0.05) is 29.4 Å². The summed E-state index contributed by atoms with van der Waals surface area (Å²) in [6, 6.07) is 7.59. The maximum atomic E-state index is 12.2. The highest BCUT2D eigenvalue weighted by atomic mass is 32.2. The lowest BCUT2D eigenvalue weighted by atomic mass is 9.86. The van der Waals surface area contributed by atoms with Crippen LogP contribution in [0.4, 0.5) is 5.69 Å². The van der Waals surface area contributed by atoms with E-state index in [1.807, 2.05) is 45.0 Å². The van der Waals surface area contributed by atoms with E-state index in [1.54, 1.807) is 13.8 Å². The third-order valence-corrected chi connectivity index (χ3v) is 6.93. The van der Waals surface area contributed by atoms with Crippen LogP contribution in [0, 0.1) is 5.92 Å². The monoisotopic (exact) mass is 409 g/mol. The summed E-state index contributed by atoms with van der Waals surface area (Å²) in [5.74, 6) is 0.463. The Hall–Kier alpha value is -1.60. The second-order valence-corrected chi connectivity index (χ2v) is 11.4. The first-order valence-electron chi connectivity index (χ1n) is 10.1. The smallest absolute Gasteiger partial charge is 0.251 e. The zero-order chi connectivity index (χ0) is 20.9. The SMILES string of the molecule is CC(C)S(=O)(=O)NC1CCC(CNc2ccc(C(=O)NC(C)(C)C)cc2)CC1. The summed E-state index contributed by atoms with van der Waals surface area (Å²) in [5.41, 5.74) is 1.39. The first-order chi connectivity index (χ1) is 13.0. The molecule has 1 fully saturated rings. The third kappa shape index (κ3) is 7.09. The van der Waals surface area contributed by atoms with Crippen molar-refractivity contribution in [2.24, 2.45) is 5.92 Å². The summed E-state index contributed by atoms with van der Waals surface area (Å²) in [6.07, 6.45) is 3.77. The Morgan fingerprint density at radius 2 is 1.64 bits per heavy atom. The first-order valence-corrected chi connectivity index (χ1v) is 11.7. The Kier molecular flexibility index (Phi) is 7.51. The van der Waals surface area contributed by atoms with E-state index in [0.29, 0.717) is 11.5 Å². The largest absolute Gasteiger partial charge is 0.385 e. The number of rotatable bonds is 7. The predicted molar refractivity (Wildman–Crippen MR) is 115 cm³/mol. The molecule has 0 bridgehead atoms. The van der Waals surface area contributed by atoms with E-state index < -0.39 is 10.0 Å². The topological polar surface area (TPSA) is 87.3 Å². The Morgan fingerprint density at radius 1 is 1.07 bits per heavy atom. The minimum absolute atomic E-state index is 0.0595. The lowest BCUT2D eigenvalue weighted by Gasteiger charge is -2.29. The minimum Gasteiger partial charge on any atom is -0.385 e. The van der Waals surface area contributed by atoms with E-state index >= 15 is 0 Å². The van der Waals surface area contributed by atoms with Crippen molar-refractivity contribution < 1.29 is 13.2 Å². The van der Waals surface area contributed by atoms with Crippen molar-refractivity contribution in [2.75, 3.05) is 11.9 Å². The molecule has 3 N–H and O–H groups in total. The molecule has 158 valence electrons. The van der Waals surface area contributed by atoms with Crippen LogP contribution in [0.5, 0.6) is 0 Å². The van der Waals surface area contributed by atoms with Crippen molar-refractivity contribution in [1.29, 1.82) is 0 Å². The van der Waals surface area contributed by atoms with Gasteiger partial charge in [0.15, 0.2) is 0 Å². The van der Waals surface area contributed by atoms with Crippen LogP contribution in [0.25, 0.3) is 0 Å². The molecule has 0 radical (unpaired) electrons. The van der Waals surface area contributed by atoms with Gasteiger partial charge < -0.3 is 10.6 Å². The fourth-order valence-corrected chi connectivity index (χ4v) is 4.24. The summed E-state index contributed by atoms with van der Waals surface area (Å²) >= 11 is 0. The summed E-state index contributed by atoms with van der Waals surface area (Å²) in [5, 5.41) is 6.01. The van der Waals surface area contributed by atoms with Gasteiger partial charge in [-0.05, 0) is 90.5 Å².